The van der Waals surface area contributed by atoms with Crippen LogP contribution >= 0.6 is 0 Å². The minimum absolute atomic E-state index is 0.0515. The second kappa shape index (κ2) is 13.2. The van der Waals surface area contributed by atoms with Crippen molar-refractivity contribution in [2.24, 2.45) is 5.92 Å². The van der Waals surface area contributed by atoms with Crippen molar-refractivity contribution >= 4 is 5.91 Å². The molecule has 90 valence electrons. The minimum Gasteiger partial charge on any atom is -0.356 e. The summed E-state index contributed by atoms with van der Waals surface area (Å²) in [6, 6.07) is 0. The monoisotopic (exact) mass is 213 g/mol. The molecule has 0 heterocycles. The summed E-state index contributed by atoms with van der Waals surface area (Å²) in [5, 5.41) is 2.76. The van der Waals surface area contributed by atoms with E-state index in [0.717, 1.165) is 25.3 Å². The third kappa shape index (κ3) is 19.6. The molecule has 0 aromatic rings. The highest BCUT2D eigenvalue weighted by Crippen LogP contribution is 2.03. The fraction of sp³-hybridized carbons (Fsp3) is 0.769. The Labute approximate surface area is 95.1 Å². The van der Waals surface area contributed by atoms with Crippen LogP contribution < -0.4 is 5.32 Å². The van der Waals surface area contributed by atoms with Gasteiger partial charge in [0, 0.05) is 13.5 Å². The minimum atomic E-state index is 0.0515. The lowest BCUT2D eigenvalue weighted by Crippen LogP contribution is -2.20. The maximum absolute atomic E-state index is 10.5. The number of nitrogens with one attached hydrogen (secondary N) is 1. The fourth-order valence-corrected chi connectivity index (χ4v) is 0.997. The fourth-order valence-electron chi connectivity index (χ4n) is 0.997. The lowest BCUT2D eigenvalue weighted by Gasteiger charge is -1.99. The maximum atomic E-state index is 10.5. The van der Waals surface area contributed by atoms with Crippen molar-refractivity contribution in [3.05, 3.63) is 12.2 Å². The Morgan fingerprint density at radius 1 is 1.20 bits per heavy atom. The van der Waals surface area contributed by atoms with Gasteiger partial charge in [-0.15, -0.1) is 0 Å². The van der Waals surface area contributed by atoms with Crippen molar-refractivity contribution in [2.75, 3.05) is 6.54 Å². The number of allylic oxidation sites excluding steroid dienone is 1. The Balaban J connectivity index is 0. The second-order valence-electron chi connectivity index (χ2n) is 3.71. The van der Waals surface area contributed by atoms with Crippen LogP contribution in [0.3, 0.4) is 0 Å². The van der Waals surface area contributed by atoms with Crippen molar-refractivity contribution in [1.82, 2.24) is 5.32 Å². The molecule has 0 saturated heterocycles. The van der Waals surface area contributed by atoms with Gasteiger partial charge in [0.25, 0.3) is 0 Å². The zero-order valence-corrected chi connectivity index (χ0v) is 11.0. The van der Waals surface area contributed by atoms with Gasteiger partial charge < -0.3 is 5.32 Å². The second-order valence-corrected chi connectivity index (χ2v) is 3.71. The number of hydrogen-bond acceptors (Lipinski definition) is 1. The van der Waals surface area contributed by atoms with Crippen LogP contribution in [0.1, 0.15) is 53.9 Å². The zero-order chi connectivity index (χ0) is 12.1. The van der Waals surface area contributed by atoms with Gasteiger partial charge in [0.15, 0.2) is 0 Å². The first kappa shape index (κ1) is 16.6. The SMILES string of the molecule is CC.CC(=O)NCC/C=C/CCC(C)C. The Kier molecular flexibility index (Phi) is 14.6. The number of hydrogen-bond donors (Lipinski definition) is 1. The highest BCUT2D eigenvalue weighted by molar-refractivity contribution is 5.72. The molecule has 0 aliphatic rings. The number of carbonyl (C=O) groups excluding carboxylic acids is 1. The standard InChI is InChI=1S/C11H21NO.C2H6/c1-10(2)8-6-4-5-7-9-12-11(3)13;1-2/h4-5,10H,6-9H2,1-3H3,(H,12,13);1-2H3/b5-4+;. The highest BCUT2D eigenvalue weighted by atomic mass is 16.1. The van der Waals surface area contributed by atoms with Gasteiger partial charge in [-0.1, -0.05) is 39.8 Å². The molecule has 0 fully saturated rings. The van der Waals surface area contributed by atoms with E-state index in [4.69, 9.17) is 0 Å². The molecule has 0 aromatic carbocycles. The van der Waals surface area contributed by atoms with Crippen molar-refractivity contribution in [3.8, 4) is 0 Å². The number of rotatable bonds is 6. The van der Waals surface area contributed by atoms with Gasteiger partial charge in [0.05, 0.1) is 0 Å². The molecular weight excluding hydrogens is 186 g/mol. The molecule has 15 heavy (non-hydrogen) atoms. The van der Waals surface area contributed by atoms with Crippen LogP contribution in [0.25, 0.3) is 0 Å². The molecule has 2 heteroatoms. The molecule has 1 N–H and O–H groups in total. The van der Waals surface area contributed by atoms with Crippen LogP contribution in [0.15, 0.2) is 12.2 Å². The van der Waals surface area contributed by atoms with E-state index >= 15 is 0 Å². The molecule has 0 unspecified atom stereocenters. The van der Waals surface area contributed by atoms with Crippen molar-refractivity contribution < 1.29 is 4.79 Å². The first-order valence-corrected chi connectivity index (χ1v) is 6.02. The van der Waals surface area contributed by atoms with E-state index in [1.54, 1.807) is 6.92 Å². The summed E-state index contributed by atoms with van der Waals surface area (Å²) < 4.78 is 0. The Bertz CT molecular complexity index is 162. The van der Waals surface area contributed by atoms with Gasteiger partial charge in [-0.2, -0.15) is 0 Å². The van der Waals surface area contributed by atoms with E-state index in [9.17, 15) is 4.79 Å². The molecule has 0 atom stereocenters. The third-order valence-corrected chi connectivity index (χ3v) is 1.76. The van der Waals surface area contributed by atoms with Crippen LogP contribution in [-0.2, 0) is 4.79 Å². The molecule has 0 aliphatic carbocycles. The van der Waals surface area contributed by atoms with Gasteiger partial charge in [-0.3, -0.25) is 4.79 Å². The first-order chi connectivity index (χ1) is 7.13. The van der Waals surface area contributed by atoms with Gasteiger partial charge in [0.1, 0.15) is 0 Å². The topological polar surface area (TPSA) is 29.1 Å². The Morgan fingerprint density at radius 2 is 1.73 bits per heavy atom. The third-order valence-electron chi connectivity index (χ3n) is 1.76. The van der Waals surface area contributed by atoms with Crippen molar-refractivity contribution in [1.29, 1.82) is 0 Å². The summed E-state index contributed by atoms with van der Waals surface area (Å²) >= 11 is 0. The molecular formula is C13H27NO. The van der Waals surface area contributed by atoms with Crippen molar-refractivity contribution in [3.63, 3.8) is 0 Å². The van der Waals surface area contributed by atoms with Crippen LogP contribution in [-0.4, -0.2) is 12.5 Å². The Morgan fingerprint density at radius 3 is 2.20 bits per heavy atom. The van der Waals surface area contributed by atoms with Crippen molar-refractivity contribution in [2.45, 2.75) is 53.9 Å². The lowest BCUT2D eigenvalue weighted by atomic mass is 10.1. The highest BCUT2D eigenvalue weighted by Gasteiger charge is 1.90. The van der Waals surface area contributed by atoms with Crippen LogP contribution in [0.4, 0.5) is 0 Å². The van der Waals surface area contributed by atoms with Gasteiger partial charge in [0.2, 0.25) is 5.91 Å². The molecule has 0 radical (unpaired) electrons. The predicted octanol–water partition coefficient (Wildman–Crippen LogP) is 3.53. The summed E-state index contributed by atoms with van der Waals surface area (Å²) in [6.07, 6.45) is 7.67. The van der Waals surface area contributed by atoms with E-state index in [2.05, 4.69) is 31.3 Å². The van der Waals surface area contributed by atoms with E-state index in [0.29, 0.717) is 0 Å². The Hall–Kier alpha value is -0.790. The molecule has 1 amide bonds. The summed E-state index contributed by atoms with van der Waals surface area (Å²) in [5.41, 5.74) is 0. The van der Waals surface area contributed by atoms with E-state index in [-0.39, 0.29) is 5.91 Å². The quantitative estimate of drug-likeness (QED) is 0.531. The lowest BCUT2D eigenvalue weighted by molar-refractivity contribution is -0.118. The van der Waals surface area contributed by atoms with Gasteiger partial charge >= 0.3 is 0 Å². The van der Waals surface area contributed by atoms with Gasteiger partial charge in [-0.05, 0) is 25.2 Å². The summed E-state index contributed by atoms with van der Waals surface area (Å²) in [6.45, 7) is 10.8. The zero-order valence-electron chi connectivity index (χ0n) is 11.0. The molecule has 0 saturated carbocycles. The van der Waals surface area contributed by atoms with E-state index in [1.807, 2.05) is 13.8 Å². The van der Waals surface area contributed by atoms with Crippen LogP contribution in [0.5, 0.6) is 0 Å². The maximum Gasteiger partial charge on any atom is 0.216 e. The van der Waals surface area contributed by atoms with E-state index < -0.39 is 0 Å². The van der Waals surface area contributed by atoms with E-state index in [1.165, 1.54) is 6.42 Å². The normalized spacial score (nSPS) is 10.0. The summed E-state index contributed by atoms with van der Waals surface area (Å²) in [7, 11) is 0. The summed E-state index contributed by atoms with van der Waals surface area (Å²) in [5.74, 6) is 0.829. The average Bonchev–Trinajstić information content (AvgIpc) is 2.18. The predicted molar refractivity (Wildman–Crippen MR) is 67.9 cm³/mol. The molecule has 2 nitrogen and oxygen atoms in total. The molecule has 0 aromatic heterocycles. The smallest absolute Gasteiger partial charge is 0.216 e. The van der Waals surface area contributed by atoms with Crippen LogP contribution in [0, 0.1) is 5.92 Å². The molecule has 0 rings (SSSR count). The number of carbonyl (C=O) groups is 1. The summed E-state index contributed by atoms with van der Waals surface area (Å²) in [4.78, 5) is 10.5. The first-order valence-electron chi connectivity index (χ1n) is 6.02. The molecule has 0 bridgehead atoms. The molecule has 0 aliphatic heterocycles. The van der Waals surface area contributed by atoms with Crippen LogP contribution in [0.2, 0.25) is 0 Å². The average molecular weight is 213 g/mol. The largest absolute Gasteiger partial charge is 0.356 e. The van der Waals surface area contributed by atoms with Gasteiger partial charge in [-0.25, -0.2) is 0 Å². The number of amides is 1. The molecule has 0 spiro atoms.